The summed E-state index contributed by atoms with van der Waals surface area (Å²) in [7, 11) is 0. The van der Waals surface area contributed by atoms with Gasteiger partial charge in [-0.15, -0.1) is 0 Å². The Kier molecular flexibility index (Phi) is 3.54. The van der Waals surface area contributed by atoms with Crippen molar-refractivity contribution in [3.8, 4) is 0 Å². The number of rotatable bonds is 3. The molecule has 0 aliphatic heterocycles. The number of aromatic amines is 1. The van der Waals surface area contributed by atoms with Crippen LogP contribution in [0.5, 0.6) is 0 Å². The van der Waals surface area contributed by atoms with Crippen LogP contribution in [0.25, 0.3) is 0 Å². The zero-order chi connectivity index (χ0) is 12.4. The van der Waals surface area contributed by atoms with Crippen molar-refractivity contribution in [3.63, 3.8) is 0 Å². The number of anilines is 1. The average molecular weight is 274 g/mol. The van der Waals surface area contributed by atoms with Gasteiger partial charge in [0.2, 0.25) is 0 Å². The van der Waals surface area contributed by atoms with E-state index in [0.717, 1.165) is 11.3 Å². The minimum Gasteiger partial charge on any atom is -0.378 e. The van der Waals surface area contributed by atoms with E-state index in [1.165, 1.54) is 12.1 Å². The molecule has 0 fully saturated rings. The summed E-state index contributed by atoms with van der Waals surface area (Å²) in [5, 5.41) is 10.3. The Balaban J connectivity index is 2.17. The summed E-state index contributed by atoms with van der Waals surface area (Å²) in [5.41, 5.74) is 2.49. The standard InChI is InChI=1S/C11H10Cl2FN3/c1-6-7(5-16-17-6)4-15-11-9(12)2-8(14)3-10(11)13/h2-3,5,15H,4H2,1H3,(H,16,17). The van der Waals surface area contributed by atoms with Gasteiger partial charge in [-0.2, -0.15) is 5.10 Å². The summed E-state index contributed by atoms with van der Waals surface area (Å²) in [6, 6.07) is 2.44. The predicted octanol–water partition coefficient (Wildman–Crippen LogP) is 3.78. The van der Waals surface area contributed by atoms with Crippen LogP contribution in [0.2, 0.25) is 10.0 Å². The molecule has 0 atom stereocenters. The van der Waals surface area contributed by atoms with E-state index in [4.69, 9.17) is 23.2 Å². The zero-order valence-electron chi connectivity index (χ0n) is 9.02. The summed E-state index contributed by atoms with van der Waals surface area (Å²) in [6.07, 6.45) is 1.72. The number of hydrogen-bond acceptors (Lipinski definition) is 2. The van der Waals surface area contributed by atoms with Crippen molar-refractivity contribution in [3.05, 3.63) is 45.4 Å². The number of benzene rings is 1. The highest BCUT2D eigenvalue weighted by molar-refractivity contribution is 6.39. The van der Waals surface area contributed by atoms with Crippen molar-refractivity contribution in [2.45, 2.75) is 13.5 Å². The van der Waals surface area contributed by atoms with E-state index < -0.39 is 5.82 Å². The molecule has 6 heteroatoms. The smallest absolute Gasteiger partial charge is 0.126 e. The molecule has 0 amide bonds. The third-order valence-corrected chi connectivity index (χ3v) is 2.99. The lowest BCUT2D eigenvalue weighted by Crippen LogP contribution is -2.01. The molecule has 0 unspecified atom stereocenters. The number of nitrogens with one attached hydrogen (secondary N) is 2. The second-order valence-corrected chi connectivity index (χ2v) is 4.43. The van der Waals surface area contributed by atoms with Crippen molar-refractivity contribution in [2.24, 2.45) is 0 Å². The van der Waals surface area contributed by atoms with Gasteiger partial charge in [-0.3, -0.25) is 5.10 Å². The molecule has 0 aliphatic rings. The fraction of sp³-hybridized carbons (Fsp3) is 0.182. The molecule has 0 spiro atoms. The fourth-order valence-corrected chi connectivity index (χ4v) is 2.04. The van der Waals surface area contributed by atoms with Crippen LogP contribution < -0.4 is 5.32 Å². The molecule has 90 valence electrons. The minimum absolute atomic E-state index is 0.260. The number of halogens is 3. The normalized spacial score (nSPS) is 10.6. The molecule has 3 nitrogen and oxygen atoms in total. The van der Waals surface area contributed by atoms with Crippen LogP contribution in [0.3, 0.4) is 0 Å². The molecule has 1 aromatic heterocycles. The minimum atomic E-state index is -0.454. The summed E-state index contributed by atoms with van der Waals surface area (Å²) < 4.78 is 13.0. The second kappa shape index (κ2) is 4.94. The Morgan fingerprint density at radius 1 is 1.35 bits per heavy atom. The van der Waals surface area contributed by atoms with Crippen molar-refractivity contribution in [1.82, 2.24) is 10.2 Å². The van der Waals surface area contributed by atoms with E-state index in [1.807, 2.05) is 6.92 Å². The van der Waals surface area contributed by atoms with E-state index in [2.05, 4.69) is 15.5 Å². The molecule has 1 aromatic carbocycles. The van der Waals surface area contributed by atoms with E-state index in [9.17, 15) is 4.39 Å². The van der Waals surface area contributed by atoms with Crippen LogP contribution in [0, 0.1) is 12.7 Å². The maximum absolute atomic E-state index is 13.0. The predicted molar refractivity (Wildman–Crippen MR) is 67.1 cm³/mol. The molecule has 2 rings (SSSR count). The first-order valence-corrected chi connectivity index (χ1v) is 5.71. The van der Waals surface area contributed by atoms with Gasteiger partial charge in [0.25, 0.3) is 0 Å². The highest BCUT2D eigenvalue weighted by atomic mass is 35.5. The lowest BCUT2D eigenvalue weighted by Gasteiger charge is -2.10. The van der Waals surface area contributed by atoms with Gasteiger partial charge in [-0.25, -0.2) is 4.39 Å². The van der Waals surface area contributed by atoms with Gasteiger partial charge in [-0.05, 0) is 19.1 Å². The molecular weight excluding hydrogens is 264 g/mol. The zero-order valence-corrected chi connectivity index (χ0v) is 10.5. The highest BCUT2D eigenvalue weighted by Gasteiger charge is 2.09. The molecule has 17 heavy (non-hydrogen) atoms. The number of aryl methyl sites for hydroxylation is 1. The SMILES string of the molecule is Cc1[nH]ncc1CNc1c(Cl)cc(F)cc1Cl. The highest BCUT2D eigenvalue weighted by Crippen LogP contribution is 2.31. The fourth-order valence-electron chi connectivity index (χ4n) is 1.45. The molecule has 0 aliphatic carbocycles. The van der Waals surface area contributed by atoms with Crippen molar-refractivity contribution in [1.29, 1.82) is 0 Å². The average Bonchev–Trinajstić information content (AvgIpc) is 2.62. The first kappa shape index (κ1) is 12.2. The van der Waals surface area contributed by atoms with Gasteiger partial charge >= 0.3 is 0 Å². The second-order valence-electron chi connectivity index (χ2n) is 3.62. The molecule has 2 N–H and O–H groups in total. The molecule has 0 bridgehead atoms. The van der Waals surface area contributed by atoms with Gasteiger partial charge in [0.15, 0.2) is 0 Å². The van der Waals surface area contributed by atoms with Gasteiger partial charge < -0.3 is 5.32 Å². The number of H-pyrrole nitrogens is 1. The largest absolute Gasteiger partial charge is 0.378 e. The van der Waals surface area contributed by atoms with Gasteiger partial charge in [-0.1, -0.05) is 23.2 Å². The van der Waals surface area contributed by atoms with E-state index in [0.29, 0.717) is 12.2 Å². The van der Waals surface area contributed by atoms with E-state index in [1.54, 1.807) is 6.20 Å². The maximum atomic E-state index is 13.0. The van der Waals surface area contributed by atoms with Crippen molar-refractivity contribution < 1.29 is 4.39 Å². The summed E-state index contributed by atoms with van der Waals surface area (Å²) in [6.45, 7) is 2.44. The Morgan fingerprint density at radius 2 is 2.00 bits per heavy atom. The summed E-state index contributed by atoms with van der Waals surface area (Å²) in [4.78, 5) is 0. The molecule has 0 saturated heterocycles. The van der Waals surface area contributed by atoms with Gasteiger partial charge in [0.05, 0.1) is 21.9 Å². The van der Waals surface area contributed by atoms with E-state index >= 15 is 0 Å². The topological polar surface area (TPSA) is 40.7 Å². The van der Waals surface area contributed by atoms with Crippen molar-refractivity contribution >= 4 is 28.9 Å². The van der Waals surface area contributed by atoms with Crippen LogP contribution in [0.15, 0.2) is 18.3 Å². The van der Waals surface area contributed by atoms with Crippen LogP contribution in [-0.4, -0.2) is 10.2 Å². The lowest BCUT2D eigenvalue weighted by molar-refractivity contribution is 0.628. The summed E-state index contributed by atoms with van der Waals surface area (Å²) in [5.74, 6) is -0.454. The van der Waals surface area contributed by atoms with Gasteiger partial charge in [0.1, 0.15) is 5.82 Å². The number of nitrogens with zero attached hydrogens (tertiary/aromatic N) is 1. The van der Waals surface area contributed by atoms with Crippen LogP contribution in [0.4, 0.5) is 10.1 Å². The van der Waals surface area contributed by atoms with Crippen LogP contribution in [0.1, 0.15) is 11.3 Å². The Labute approximate surface area is 108 Å². The Bertz CT molecular complexity index is 516. The Hall–Kier alpha value is -1.26. The number of aromatic nitrogens is 2. The third-order valence-electron chi connectivity index (χ3n) is 2.40. The van der Waals surface area contributed by atoms with Crippen molar-refractivity contribution in [2.75, 3.05) is 5.32 Å². The molecule has 0 radical (unpaired) electrons. The molecule has 1 heterocycles. The Morgan fingerprint density at radius 3 is 2.53 bits per heavy atom. The number of hydrogen-bond donors (Lipinski definition) is 2. The van der Waals surface area contributed by atoms with Gasteiger partial charge in [0, 0.05) is 17.8 Å². The quantitative estimate of drug-likeness (QED) is 0.894. The maximum Gasteiger partial charge on any atom is 0.126 e. The molecule has 0 saturated carbocycles. The molecule has 2 aromatic rings. The first-order chi connectivity index (χ1) is 8.08. The van der Waals surface area contributed by atoms with E-state index in [-0.39, 0.29) is 10.0 Å². The lowest BCUT2D eigenvalue weighted by atomic mass is 10.2. The molecular formula is C11H10Cl2FN3. The van der Waals surface area contributed by atoms with Crippen LogP contribution >= 0.6 is 23.2 Å². The first-order valence-electron chi connectivity index (χ1n) is 4.95. The monoisotopic (exact) mass is 273 g/mol. The summed E-state index contributed by atoms with van der Waals surface area (Å²) >= 11 is 11.8. The van der Waals surface area contributed by atoms with Crippen LogP contribution in [-0.2, 0) is 6.54 Å². The third kappa shape index (κ3) is 2.70.